The fraction of sp³-hybridized carbons (Fsp3) is 0.517. The summed E-state index contributed by atoms with van der Waals surface area (Å²) < 4.78 is 7.53. The van der Waals surface area contributed by atoms with E-state index in [1.165, 1.54) is 19.0 Å². The zero-order chi connectivity index (χ0) is 28.0. The van der Waals surface area contributed by atoms with Crippen molar-refractivity contribution in [2.45, 2.75) is 85.0 Å². The molecular weight excluding hydrogens is 470 g/mol. The van der Waals surface area contributed by atoms with Crippen molar-refractivity contribution in [1.29, 1.82) is 0 Å². The quantitative estimate of drug-likeness (QED) is 0.187. The van der Waals surface area contributed by atoms with Crippen LogP contribution in [-0.4, -0.2) is 46.2 Å². The Bertz CT molecular complexity index is 1090. The van der Waals surface area contributed by atoms with Gasteiger partial charge in [-0.15, -0.1) is 6.58 Å². The molecule has 1 aliphatic rings. The molecule has 0 unspecified atom stereocenters. The highest BCUT2D eigenvalue weighted by molar-refractivity contribution is 6.36. The number of aldehydes is 1. The molecule has 0 bridgehead atoms. The summed E-state index contributed by atoms with van der Waals surface area (Å²) in [6, 6.07) is 0. The lowest BCUT2D eigenvalue weighted by molar-refractivity contribution is -0.139. The maximum absolute atomic E-state index is 12.7. The minimum absolute atomic E-state index is 0.115. The van der Waals surface area contributed by atoms with E-state index >= 15 is 0 Å². The highest BCUT2D eigenvalue weighted by Gasteiger charge is 2.28. The molecule has 1 fully saturated rings. The fourth-order valence-corrected chi connectivity index (χ4v) is 4.63. The number of ketones is 1. The van der Waals surface area contributed by atoms with Gasteiger partial charge < -0.3 is 20.0 Å². The second-order valence-corrected chi connectivity index (χ2v) is 8.89. The third-order valence-electron chi connectivity index (χ3n) is 6.42. The van der Waals surface area contributed by atoms with Crippen LogP contribution >= 0.6 is 0 Å². The molecule has 0 aliphatic heterocycles. The summed E-state index contributed by atoms with van der Waals surface area (Å²) in [6.45, 7) is 10.7. The van der Waals surface area contributed by atoms with Crippen molar-refractivity contribution in [3.8, 4) is 5.88 Å². The number of nitrogens with zero attached hydrogens (tertiary/aromatic N) is 2. The summed E-state index contributed by atoms with van der Waals surface area (Å²) in [5, 5.41) is 9.18. The first kappa shape index (κ1) is 31.8. The van der Waals surface area contributed by atoms with Gasteiger partial charge in [-0.2, -0.15) is 0 Å². The number of allylic oxidation sites excluding steroid dienone is 3. The molecule has 2 heterocycles. The van der Waals surface area contributed by atoms with Crippen LogP contribution in [0.15, 0.2) is 30.5 Å². The molecule has 37 heavy (non-hydrogen) atoms. The monoisotopic (exact) mass is 513 g/mol. The number of aryl methyl sites for hydroxylation is 1. The van der Waals surface area contributed by atoms with Gasteiger partial charge in [0.25, 0.3) is 0 Å². The van der Waals surface area contributed by atoms with E-state index in [2.05, 4.69) is 30.3 Å². The summed E-state index contributed by atoms with van der Waals surface area (Å²) in [6.07, 6.45) is 13.7. The fourth-order valence-electron chi connectivity index (χ4n) is 4.63. The smallest absolute Gasteiger partial charge is 0.341 e. The van der Waals surface area contributed by atoms with Gasteiger partial charge >= 0.3 is 5.97 Å². The number of carboxylic acids is 1. The second kappa shape index (κ2) is 16.5. The number of ether oxygens (including phenoxy) is 1. The van der Waals surface area contributed by atoms with Gasteiger partial charge in [0.1, 0.15) is 5.52 Å². The normalized spacial score (nSPS) is 13.6. The third-order valence-corrected chi connectivity index (χ3v) is 6.42. The van der Waals surface area contributed by atoms with E-state index in [0.717, 1.165) is 49.1 Å². The molecule has 8 nitrogen and oxygen atoms in total. The minimum atomic E-state index is -1.12. The van der Waals surface area contributed by atoms with Gasteiger partial charge in [-0.1, -0.05) is 43.9 Å². The average Bonchev–Trinajstić information content (AvgIpc) is 3.25. The van der Waals surface area contributed by atoms with Crippen LogP contribution in [0.5, 0.6) is 5.88 Å². The molecule has 0 atom stereocenters. The van der Waals surface area contributed by atoms with Crippen LogP contribution < -0.4 is 10.5 Å². The summed E-state index contributed by atoms with van der Waals surface area (Å²) in [7, 11) is 1.50. The van der Waals surface area contributed by atoms with Crippen LogP contribution in [0.3, 0.4) is 0 Å². The van der Waals surface area contributed by atoms with E-state index in [9.17, 15) is 19.5 Å². The number of carboxylic acid groups (broad SMARTS) is 1. The zero-order valence-electron chi connectivity index (χ0n) is 23.0. The van der Waals surface area contributed by atoms with Gasteiger partial charge in [0, 0.05) is 17.8 Å². The Hall–Kier alpha value is -3.26. The van der Waals surface area contributed by atoms with Crippen molar-refractivity contribution in [1.82, 2.24) is 9.38 Å². The molecule has 8 heteroatoms. The van der Waals surface area contributed by atoms with E-state index in [0.29, 0.717) is 24.6 Å². The minimum Gasteiger partial charge on any atom is -0.479 e. The highest BCUT2D eigenvalue weighted by Crippen LogP contribution is 2.37. The molecule has 0 saturated heterocycles. The maximum atomic E-state index is 12.7. The molecule has 0 spiro atoms. The lowest BCUT2D eigenvalue weighted by Gasteiger charge is -2.22. The van der Waals surface area contributed by atoms with Crippen LogP contribution in [0.2, 0.25) is 0 Å². The van der Waals surface area contributed by atoms with Crippen LogP contribution in [-0.2, 0) is 22.4 Å². The van der Waals surface area contributed by atoms with Gasteiger partial charge in [-0.25, -0.2) is 9.78 Å². The SMILES string of the molecule is C/C=C(\C)CCc1c(CC)c(C(=O)C=O)c2c(OCC(=O)O)nc(C3CCCCC3)cn12.C=CC.CN. The summed E-state index contributed by atoms with van der Waals surface area (Å²) in [5.41, 5.74) is 9.01. The first-order valence-corrected chi connectivity index (χ1v) is 13.0. The first-order valence-electron chi connectivity index (χ1n) is 13.0. The predicted octanol–water partition coefficient (Wildman–Crippen LogP) is 5.46. The molecule has 204 valence electrons. The van der Waals surface area contributed by atoms with E-state index < -0.39 is 18.4 Å². The summed E-state index contributed by atoms with van der Waals surface area (Å²) in [4.78, 5) is 40.1. The topological polar surface area (TPSA) is 124 Å². The molecule has 1 aliphatic carbocycles. The Labute approximate surface area is 220 Å². The number of nitrogens with two attached hydrogens (primary N) is 1. The maximum Gasteiger partial charge on any atom is 0.341 e. The number of aliphatic carboxylic acids is 1. The Morgan fingerprint density at radius 1 is 1.24 bits per heavy atom. The molecule has 3 N–H and O–H groups in total. The number of aromatic nitrogens is 2. The van der Waals surface area contributed by atoms with Gasteiger partial charge in [0.05, 0.1) is 11.3 Å². The van der Waals surface area contributed by atoms with Crippen LogP contribution in [0.4, 0.5) is 0 Å². The van der Waals surface area contributed by atoms with Crippen molar-refractivity contribution in [3.05, 3.63) is 53.0 Å². The number of Topliss-reactive ketones (excluding diaryl/α,β-unsaturated/α-hetero) is 1. The van der Waals surface area contributed by atoms with Crippen molar-refractivity contribution < 1.29 is 24.2 Å². The van der Waals surface area contributed by atoms with E-state index in [4.69, 9.17) is 4.74 Å². The van der Waals surface area contributed by atoms with Gasteiger partial charge in [-0.05, 0) is 65.5 Å². The predicted molar refractivity (Wildman–Crippen MR) is 148 cm³/mol. The number of carbonyl (C=O) groups is 3. The van der Waals surface area contributed by atoms with Crippen LogP contribution in [0.1, 0.15) is 99.4 Å². The van der Waals surface area contributed by atoms with E-state index in [-0.39, 0.29) is 17.4 Å². The first-order chi connectivity index (χ1) is 17.8. The molecule has 2 aromatic rings. The molecule has 0 amide bonds. The largest absolute Gasteiger partial charge is 0.479 e. The number of hydrogen-bond donors (Lipinski definition) is 2. The van der Waals surface area contributed by atoms with Crippen molar-refractivity contribution in [2.24, 2.45) is 5.73 Å². The molecule has 3 rings (SSSR count). The standard InChI is InChI=1S/C25H32N2O5.C3H6.CH5N/c1-4-16(3)11-12-20-18(5-2)23(21(29)14-28)24-25(32-15-22(30)31)26-19(13-27(20)24)17-9-7-6-8-10-17;1-3-2;1-2/h4,13-14,17H,5-12,15H2,1-3H3,(H,30,31);3H,1H2,2H3;2H2,1H3/b16-4+;;. The van der Waals surface area contributed by atoms with Gasteiger partial charge in [-0.3, -0.25) is 9.59 Å². The number of fused-ring (bicyclic) bond motifs is 1. The average molecular weight is 514 g/mol. The molecule has 0 radical (unpaired) electrons. The van der Waals surface area contributed by atoms with E-state index in [1.807, 2.05) is 31.4 Å². The molecule has 1 saturated carbocycles. The number of rotatable bonds is 10. The van der Waals surface area contributed by atoms with Gasteiger partial charge in [0.2, 0.25) is 11.7 Å². The van der Waals surface area contributed by atoms with Gasteiger partial charge in [0.15, 0.2) is 12.9 Å². The Kier molecular flexibility index (Phi) is 14.1. The van der Waals surface area contributed by atoms with Crippen molar-refractivity contribution >= 4 is 23.6 Å². The molecular formula is C29H43N3O5. The van der Waals surface area contributed by atoms with Crippen LogP contribution in [0.25, 0.3) is 5.52 Å². The molecule has 2 aromatic heterocycles. The van der Waals surface area contributed by atoms with Crippen molar-refractivity contribution in [2.75, 3.05) is 13.7 Å². The van der Waals surface area contributed by atoms with Crippen molar-refractivity contribution in [3.63, 3.8) is 0 Å². The zero-order valence-corrected chi connectivity index (χ0v) is 23.0. The summed E-state index contributed by atoms with van der Waals surface area (Å²) >= 11 is 0. The Balaban J connectivity index is 0.00000127. The lowest BCUT2D eigenvalue weighted by Crippen LogP contribution is -2.14. The summed E-state index contributed by atoms with van der Waals surface area (Å²) in [5.74, 6) is -1.38. The Morgan fingerprint density at radius 2 is 1.86 bits per heavy atom. The molecule has 0 aromatic carbocycles. The Morgan fingerprint density at radius 3 is 2.38 bits per heavy atom. The number of carbonyl (C=O) groups excluding carboxylic acids is 2. The van der Waals surface area contributed by atoms with E-state index in [1.54, 1.807) is 6.08 Å². The highest BCUT2D eigenvalue weighted by atomic mass is 16.5. The third kappa shape index (κ3) is 8.39. The lowest BCUT2D eigenvalue weighted by atomic mass is 9.87. The second-order valence-electron chi connectivity index (χ2n) is 8.89. The van der Waals surface area contributed by atoms with Crippen LogP contribution in [0, 0.1) is 0 Å². The number of hydrogen-bond acceptors (Lipinski definition) is 6.